The summed E-state index contributed by atoms with van der Waals surface area (Å²) in [5.41, 5.74) is 13.5. The highest BCUT2D eigenvalue weighted by atomic mass is 16.5. The lowest BCUT2D eigenvalue weighted by Crippen LogP contribution is -2.15. The number of aryl methyl sites for hydroxylation is 2. The lowest BCUT2D eigenvalue weighted by atomic mass is 9.89. The molecule has 11 nitrogen and oxygen atoms in total. The number of rotatable bonds is 10. The average Bonchev–Trinajstić information content (AvgIpc) is 3.08. The third-order valence-corrected chi connectivity index (χ3v) is 7.93. The number of nitrogens with zero attached hydrogens (tertiary/aromatic N) is 4. The summed E-state index contributed by atoms with van der Waals surface area (Å²) in [6.45, 7) is 0. The zero-order chi connectivity index (χ0) is 31.2. The fraction of sp³-hybridized carbons (Fsp3) is 0.294. The molecule has 3 aromatic carbocycles. The molecule has 0 amide bonds. The lowest BCUT2D eigenvalue weighted by molar-refractivity contribution is 0.354. The molecule has 2 aliphatic carbocycles. The van der Waals surface area contributed by atoms with Crippen LogP contribution in [0.1, 0.15) is 47.9 Å². The van der Waals surface area contributed by atoms with E-state index in [4.69, 9.17) is 39.1 Å². The van der Waals surface area contributed by atoms with E-state index >= 15 is 0 Å². The van der Waals surface area contributed by atoms with Gasteiger partial charge in [0.2, 0.25) is 5.95 Å². The predicted molar refractivity (Wildman–Crippen MR) is 177 cm³/mol. The Balaban J connectivity index is 1.31. The van der Waals surface area contributed by atoms with Crippen molar-refractivity contribution in [3.63, 3.8) is 0 Å². The molecule has 0 saturated carbocycles. The van der Waals surface area contributed by atoms with E-state index in [1.54, 1.807) is 34.5 Å². The molecule has 232 valence electrons. The molecule has 0 fully saturated rings. The number of para-hydroxylation sites is 1. The van der Waals surface area contributed by atoms with Gasteiger partial charge in [-0.25, -0.2) is 0 Å². The maximum atomic E-state index is 5.56. The van der Waals surface area contributed by atoms with Gasteiger partial charge < -0.3 is 24.3 Å². The van der Waals surface area contributed by atoms with Gasteiger partial charge >= 0.3 is 0 Å². The first-order valence-electron chi connectivity index (χ1n) is 14.9. The number of methoxy groups -OCH3 is 4. The van der Waals surface area contributed by atoms with Crippen LogP contribution in [0.4, 0.5) is 23.3 Å². The molecular weight excluding hydrogens is 570 g/mol. The van der Waals surface area contributed by atoms with Crippen molar-refractivity contribution in [3.8, 4) is 23.0 Å². The van der Waals surface area contributed by atoms with E-state index < -0.39 is 0 Å². The Labute approximate surface area is 262 Å². The van der Waals surface area contributed by atoms with Crippen LogP contribution in [-0.2, 0) is 12.8 Å². The molecule has 1 aromatic heterocycles. The fourth-order valence-corrected chi connectivity index (χ4v) is 5.71. The molecule has 0 saturated heterocycles. The molecule has 3 N–H and O–H groups in total. The largest absolute Gasteiger partial charge is 0.493 e. The standard InChI is InChI=1S/C34H37N7O4/c1-42-28-16-21-10-8-14-26(24(21)18-30(28)44-3)38-40-32-20-33(37-34(36-32)35-23-12-6-5-7-13-23)41-39-27-15-9-11-22-17-29(43-2)31(45-4)19-25(22)27/h5-7,12-13,16-20H,8-11,14-15H2,1-4H3,(H3,35,36,37,40,41). The first-order chi connectivity index (χ1) is 22.1. The van der Waals surface area contributed by atoms with Gasteiger partial charge in [0.15, 0.2) is 34.6 Å². The average molecular weight is 608 g/mol. The summed E-state index contributed by atoms with van der Waals surface area (Å²) in [7, 11) is 6.58. The van der Waals surface area contributed by atoms with Gasteiger partial charge in [0.05, 0.1) is 39.9 Å². The van der Waals surface area contributed by atoms with Crippen molar-refractivity contribution in [2.75, 3.05) is 44.6 Å². The molecule has 1 heterocycles. The van der Waals surface area contributed by atoms with E-state index in [-0.39, 0.29) is 0 Å². The number of anilines is 4. The quantitative estimate of drug-likeness (QED) is 0.172. The zero-order valence-corrected chi connectivity index (χ0v) is 25.9. The summed E-state index contributed by atoms with van der Waals surface area (Å²) < 4.78 is 22.2. The topological polar surface area (TPSA) is 124 Å². The second-order valence-corrected chi connectivity index (χ2v) is 10.7. The van der Waals surface area contributed by atoms with Crippen LogP contribution in [0.15, 0.2) is 70.9 Å². The fourth-order valence-electron chi connectivity index (χ4n) is 5.71. The van der Waals surface area contributed by atoms with E-state index in [9.17, 15) is 0 Å². The van der Waals surface area contributed by atoms with Gasteiger partial charge in [-0.1, -0.05) is 18.2 Å². The molecule has 0 atom stereocenters. The van der Waals surface area contributed by atoms with Crippen molar-refractivity contribution in [1.82, 2.24) is 9.97 Å². The second-order valence-electron chi connectivity index (χ2n) is 10.7. The zero-order valence-electron chi connectivity index (χ0n) is 25.9. The molecule has 45 heavy (non-hydrogen) atoms. The Bertz CT molecular complexity index is 1640. The highest BCUT2D eigenvalue weighted by Gasteiger charge is 2.21. The summed E-state index contributed by atoms with van der Waals surface area (Å²) in [6.07, 6.45) is 5.50. The summed E-state index contributed by atoms with van der Waals surface area (Å²) in [4.78, 5) is 9.40. The van der Waals surface area contributed by atoms with Crippen LogP contribution in [-0.4, -0.2) is 49.8 Å². The maximum absolute atomic E-state index is 5.56. The highest BCUT2D eigenvalue weighted by molar-refractivity contribution is 6.04. The Morgan fingerprint density at radius 2 is 1.04 bits per heavy atom. The Morgan fingerprint density at radius 3 is 1.51 bits per heavy atom. The van der Waals surface area contributed by atoms with Gasteiger partial charge in [-0.05, 0) is 86.1 Å². The van der Waals surface area contributed by atoms with Crippen molar-refractivity contribution in [2.45, 2.75) is 38.5 Å². The van der Waals surface area contributed by atoms with Crippen molar-refractivity contribution in [3.05, 3.63) is 82.9 Å². The van der Waals surface area contributed by atoms with Crippen LogP contribution in [0.2, 0.25) is 0 Å². The van der Waals surface area contributed by atoms with Gasteiger partial charge in [-0.15, -0.1) is 0 Å². The molecule has 0 aliphatic heterocycles. The first-order valence-corrected chi connectivity index (χ1v) is 14.9. The van der Waals surface area contributed by atoms with Gasteiger partial charge in [-0.3, -0.25) is 10.9 Å². The van der Waals surface area contributed by atoms with E-state index in [1.165, 1.54) is 11.1 Å². The van der Waals surface area contributed by atoms with Crippen LogP contribution >= 0.6 is 0 Å². The number of hydrogen-bond donors (Lipinski definition) is 3. The summed E-state index contributed by atoms with van der Waals surface area (Å²) in [5.74, 6) is 4.21. The monoisotopic (exact) mass is 607 g/mol. The predicted octanol–water partition coefficient (Wildman–Crippen LogP) is 6.56. The van der Waals surface area contributed by atoms with Crippen molar-refractivity contribution < 1.29 is 18.9 Å². The molecule has 0 spiro atoms. The number of nitrogens with one attached hydrogen (secondary N) is 3. The minimum Gasteiger partial charge on any atom is -0.493 e. The Hall–Kier alpha value is -5.32. The Morgan fingerprint density at radius 1 is 0.578 bits per heavy atom. The number of aromatic nitrogens is 2. The molecule has 6 rings (SSSR count). The van der Waals surface area contributed by atoms with Crippen LogP contribution in [0.3, 0.4) is 0 Å². The number of ether oxygens (including phenoxy) is 4. The maximum Gasteiger partial charge on any atom is 0.231 e. The van der Waals surface area contributed by atoms with Gasteiger partial charge in [-0.2, -0.15) is 20.2 Å². The van der Waals surface area contributed by atoms with Crippen molar-refractivity contribution >= 4 is 34.7 Å². The minimum atomic E-state index is 0.403. The van der Waals surface area contributed by atoms with Crippen LogP contribution in [0, 0.1) is 0 Å². The summed E-state index contributed by atoms with van der Waals surface area (Å²) >= 11 is 0. The van der Waals surface area contributed by atoms with Gasteiger partial charge in [0.25, 0.3) is 0 Å². The Kier molecular flexibility index (Phi) is 8.95. The van der Waals surface area contributed by atoms with Crippen molar-refractivity contribution in [1.29, 1.82) is 0 Å². The third-order valence-electron chi connectivity index (χ3n) is 7.93. The van der Waals surface area contributed by atoms with Crippen molar-refractivity contribution in [2.24, 2.45) is 10.2 Å². The lowest BCUT2D eigenvalue weighted by Gasteiger charge is -2.21. The van der Waals surface area contributed by atoms with Crippen LogP contribution in [0.5, 0.6) is 23.0 Å². The molecule has 0 bridgehead atoms. The molecule has 4 aromatic rings. The number of fused-ring (bicyclic) bond motifs is 2. The molecular formula is C34H37N7O4. The number of hydrogen-bond acceptors (Lipinski definition) is 11. The number of hydrazone groups is 2. The van der Waals surface area contributed by atoms with Gasteiger partial charge in [0, 0.05) is 22.9 Å². The van der Waals surface area contributed by atoms with Crippen LogP contribution in [0.25, 0.3) is 0 Å². The van der Waals surface area contributed by atoms with Crippen LogP contribution < -0.4 is 35.1 Å². The van der Waals surface area contributed by atoms with E-state index in [2.05, 4.69) is 16.2 Å². The van der Waals surface area contributed by atoms with Gasteiger partial charge in [0.1, 0.15) is 0 Å². The molecule has 2 aliphatic rings. The van der Waals surface area contributed by atoms with E-state index in [0.717, 1.165) is 66.8 Å². The van der Waals surface area contributed by atoms with E-state index in [1.807, 2.05) is 54.6 Å². The SMILES string of the molecule is COc1cc2c(cc1OC)C(=NNc1cc(NN=C3CCCc4cc(OC)c(OC)cc43)nc(Nc3ccccc3)n1)CCC2. The number of benzene rings is 3. The highest BCUT2D eigenvalue weighted by Crippen LogP contribution is 2.36. The molecule has 11 heteroatoms. The smallest absolute Gasteiger partial charge is 0.231 e. The normalized spacial score (nSPS) is 15.6. The third kappa shape index (κ3) is 6.62. The first kappa shape index (κ1) is 29.7. The summed E-state index contributed by atoms with van der Waals surface area (Å²) in [6, 6.07) is 19.6. The van der Waals surface area contributed by atoms with E-state index in [0.29, 0.717) is 40.6 Å². The second kappa shape index (κ2) is 13.5. The molecule has 0 unspecified atom stereocenters. The summed E-state index contributed by atoms with van der Waals surface area (Å²) in [5, 5.41) is 12.9. The molecule has 0 radical (unpaired) electrons. The minimum absolute atomic E-state index is 0.403.